The summed E-state index contributed by atoms with van der Waals surface area (Å²) in [5, 5.41) is 2.12. The van der Waals surface area contributed by atoms with Crippen molar-refractivity contribution in [3.63, 3.8) is 0 Å². The maximum atomic E-state index is 11.9. The summed E-state index contributed by atoms with van der Waals surface area (Å²) in [5.74, 6) is -0.702. The predicted molar refractivity (Wildman–Crippen MR) is 77.0 cm³/mol. The van der Waals surface area contributed by atoms with E-state index in [0.717, 1.165) is 5.56 Å². The van der Waals surface area contributed by atoms with Crippen LogP contribution in [0.4, 0.5) is 5.13 Å². The van der Waals surface area contributed by atoms with Crippen LogP contribution < -0.4 is 16.6 Å². The van der Waals surface area contributed by atoms with Gasteiger partial charge in [0.15, 0.2) is 5.13 Å². The average Bonchev–Trinajstić information content (AvgIpc) is 2.82. The molecule has 2 rings (SSSR count). The van der Waals surface area contributed by atoms with Gasteiger partial charge in [-0.1, -0.05) is 18.2 Å². The summed E-state index contributed by atoms with van der Waals surface area (Å²) in [6, 6.07) is 7.13. The molecule has 0 fully saturated rings. The number of thiazole rings is 1. The Labute approximate surface area is 120 Å². The molecule has 0 saturated carbocycles. The molecule has 2 amide bonds. The highest BCUT2D eigenvalue weighted by atomic mass is 32.1. The highest BCUT2D eigenvalue weighted by Gasteiger charge is 2.10. The third kappa shape index (κ3) is 3.55. The molecule has 6 nitrogen and oxygen atoms in total. The number of nitrogens with two attached hydrogens (primary N) is 1. The normalized spacial score (nSPS) is 10.1. The molecule has 0 spiro atoms. The van der Waals surface area contributed by atoms with Crippen LogP contribution in [0.2, 0.25) is 0 Å². The maximum absolute atomic E-state index is 11.9. The lowest BCUT2D eigenvalue weighted by Gasteiger charge is -2.08. The minimum atomic E-state index is -0.353. The summed E-state index contributed by atoms with van der Waals surface area (Å²) < 4.78 is 0. The van der Waals surface area contributed by atoms with Crippen LogP contribution in [0, 0.1) is 6.92 Å². The second kappa shape index (κ2) is 6.16. The number of amides is 2. The predicted octanol–water partition coefficient (Wildman–Crippen LogP) is 1.04. The van der Waals surface area contributed by atoms with E-state index in [0.29, 0.717) is 16.4 Å². The topological polar surface area (TPSA) is 97.1 Å². The molecule has 0 aliphatic rings. The third-order valence-electron chi connectivity index (χ3n) is 2.62. The molecular formula is C13H14N4O2S. The van der Waals surface area contributed by atoms with Gasteiger partial charge in [-0.05, 0) is 18.6 Å². The third-order valence-corrected chi connectivity index (χ3v) is 3.34. The lowest BCUT2D eigenvalue weighted by atomic mass is 10.1. The highest BCUT2D eigenvalue weighted by molar-refractivity contribution is 7.13. The fourth-order valence-corrected chi connectivity index (χ4v) is 2.20. The monoisotopic (exact) mass is 290 g/mol. The largest absolute Gasteiger partial charge is 0.375 e. The van der Waals surface area contributed by atoms with E-state index in [1.165, 1.54) is 11.3 Å². The molecular weight excluding hydrogens is 276 g/mol. The van der Waals surface area contributed by atoms with Gasteiger partial charge < -0.3 is 5.73 Å². The highest BCUT2D eigenvalue weighted by Crippen LogP contribution is 2.11. The first-order valence-corrected chi connectivity index (χ1v) is 6.79. The van der Waals surface area contributed by atoms with E-state index in [4.69, 9.17) is 5.73 Å². The van der Waals surface area contributed by atoms with E-state index in [1.54, 1.807) is 17.5 Å². The second-order valence-corrected chi connectivity index (χ2v) is 5.06. The Morgan fingerprint density at radius 3 is 2.70 bits per heavy atom. The zero-order valence-corrected chi connectivity index (χ0v) is 11.7. The van der Waals surface area contributed by atoms with Crippen LogP contribution in [-0.2, 0) is 11.2 Å². The molecule has 20 heavy (non-hydrogen) atoms. The van der Waals surface area contributed by atoms with Crippen molar-refractivity contribution in [2.45, 2.75) is 13.3 Å². The standard InChI is InChI=1S/C13H14N4O2S/c1-8-4-2-3-5-10(8)12(19)17-16-11(18)6-9-7-20-13(14)15-9/h2-5,7H,6H2,1H3,(H2,14,15)(H,16,18)(H,17,19). The summed E-state index contributed by atoms with van der Waals surface area (Å²) in [6.07, 6.45) is 0.0712. The lowest BCUT2D eigenvalue weighted by Crippen LogP contribution is -2.42. The first-order valence-electron chi connectivity index (χ1n) is 5.91. The van der Waals surface area contributed by atoms with E-state index >= 15 is 0 Å². The lowest BCUT2D eigenvalue weighted by molar-refractivity contribution is -0.121. The Morgan fingerprint density at radius 1 is 1.30 bits per heavy atom. The Hall–Kier alpha value is -2.41. The Balaban J connectivity index is 1.87. The number of nitrogens with zero attached hydrogens (tertiary/aromatic N) is 1. The molecule has 7 heteroatoms. The van der Waals surface area contributed by atoms with Crippen molar-refractivity contribution in [2.75, 3.05) is 5.73 Å². The molecule has 2 aromatic rings. The summed E-state index contributed by atoms with van der Waals surface area (Å²) in [7, 11) is 0. The minimum Gasteiger partial charge on any atom is -0.375 e. The zero-order chi connectivity index (χ0) is 14.5. The number of aryl methyl sites for hydroxylation is 1. The summed E-state index contributed by atoms with van der Waals surface area (Å²) in [4.78, 5) is 27.5. The van der Waals surface area contributed by atoms with Crippen molar-refractivity contribution in [1.29, 1.82) is 0 Å². The van der Waals surface area contributed by atoms with Crippen LogP contribution in [0.25, 0.3) is 0 Å². The van der Waals surface area contributed by atoms with E-state index in [1.807, 2.05) is 19.1 Å². The summed E-state index contributed by atoms with van der Waals surface area (Å²) in [6.45, 7) is 1.83. The molecule has 0 unspecified atom stereocenters. The molecule has 1 aromatic heterocycles. The van der Waals surface area contributed by atoms with Crippen LogP contribution in [0.5, 0.6) is 0 Å². The Bertz CT molecular complexity index is 639. The first-order chi connectivity index (χ1) is 9.56. The van der Waals surface area contributed by atoms with E-state index in [2.05, 4.69) is 15.8 Å². The SMILES string of the molecule is Cc1ccccc1C(=O)NNC(=O)Cc1csc(N)n1. The maximum Gasteiger partial charge on any atom is 0.269 e. The fourth-order valence-electron chi connectivity index (χ4n) is 1.63. The summed E-state index contributed by atoms with van der Waals surface area (Å²) in [5.41, 5.74) is 12.1. The molecule has 0 aliphatic heterocycles. The van der Waals surface area contributed by atoms with Gasteiger partial charge in [-0.3, -0.25) is 20.4 Å². The van der Waals surface area contributed by atoms with Gasteiger partial charge in [-0.2, -0.15) is 0 Å². The van der Waals surface area contributed by atoms with Crippen molar-refractivity contribution >= 4 is 28.3 Å². The Morgan fingerprint density at radius 2 is 2.05 bits per heavy atom. The molecule has 0 atom stereocenters. The van der Waals surface area contributed by atoms with Gasteiger partial charge in [0, 0.05) is 10.9 Å². The van der Waals surface area contributed by atoms with Gasteiger partial charge in [0.25, 0.3) is 5.91 Å². The van der Waals surface area contributed by atoms with Crippen LogP contribution in [0.3, 0.4) is 0 Å². The molecule has 0 aliphatic carbocycles. The van der Waals surface area contributed by atoms with Gasteiger partial charge in [0.1, 0.15) is 0 Å². The number of benzene rings is 1. The van der Waals surface area contributed by atoms with Crippen molar-refractivity contribution in [3.05, 3.63) is 46.5 Å². The quantitative estimate of drug-likeness (QED) is 0.736. The van der Waals surface area contributed by atoms with Crippen LogP contribution in [-0.4, -0.2) is 16.8 Å². The van der Waals surface area contributed by atoms with Crippen molar-refractivity contribution in [3.8, 4) is 0 Å². The minimum absolute atomic E-state index is 0.0712. The number of hydrogen-bond donors (Lipinski definition) is 3. The summed E-state index contributed by atoms with van der Waals surface area (Å²) >= 11 is 1.27. The second-order valence-electron chi connectivity index (χ2n) is 4.17. The number of anilines is 1. The Kier molecular flexibility index (Phi) is 4.31. The van der Waals surface area contributed by atoms with Crippen LogP contribution in [0.15, 0.2) is 29.6 Å². The molecule has 1 heterocycles. The number of hydrazine groups is 1. The number of carbonyl (C=O) groups is 2. The van der Waals surface area contributed by atoms with Gasteiger partial charge >= 0.3 is 0 Å². The van der Waals surface area contributed by atoms with Gasteiger partial charge in [0.05, 0.1) is 12.1 Å². The zero-order valence-electron chi connectivity index (χ0n) is 10.8. The van der Waals surface area contributed by atoms with Crippen molar-refractivity contribution in [1.82, 2.24) is 15.8 Å². The fraction of sp³-hybridized carbons (Fsp3) is 0.154. The number of aromatic nitrogens is 1. The van der Waals surface area contributed by atoms with E-state index in [-0.39, 0.29) is 18.2 Å². The molecule has 104 valence electrons. The molecule has 0 radical (unpaired) electrons. The number of nitrogens with one attached hydrogen (secondary N) is 2. The van der Waals surface area contributed by atoms with Crippen LogP contribution >= 0.6 is 11.3 Å². The number of carbonyl (C=O) groups excluding carboxylic acids is 2. The van der Waals surface area contributed by atoms with Gasteiger partial charge in [-0.25, -0.2) is 4.98 Å². The smallest absolute Gasteiger partial charge is 0.269 e. The van der Waals surface area contributed by atoms with E-state index < -0.39 is 0 Å². The van der Waals surface area contributed by atoms with Gasteiger partial charge in [-0.15, -0.1) is 11.3 Å². The van der Waals surface area contributed by atoms with Crippen molar-refractivity contribution < 1.29 is 9.59 Å². The molecule has 1 aromatic carbocycles. The van der Waals surface area contributed by atoms with E-state index in [9.17, 15) is 9.59 Å². The number of nitrogen functional groups attached to an aromatic ring is 1. The average molecular weight is 290 g/mol. The molecule has 0 saturated heterocycles. The molecule has 4 N–H and O–H groups in total. The van der Waals surface area contributed by atoms with Crippen LogP contribution in [0.1, 0.15) is 21.6 Å². The number of rotatable bonds is 3. The van der Waals surface area contributed by atoms with Crippen molar-refractivity contribution in [2.24, 2.45) is 0 Å². The number of hydrogen-bond acceptors (Lipinski definition) is 5. The molecule has 0 bridgehead atoms. The first kappa shape index (κ1) is 14.0. The van der Waals surface area contributed by atoms with Gasteiger partial charge in [0.2, 0.25) is 5.91 Å².